The summed E-state index contributed by atoms with van der Waals surface area (Å²) in [6.07, 6.45) is 2.70. The van der Waals surface area contributed by atoms with Gasteiger partial charge in [-0.05, 0) is 74.0 Å². The largest absolute Gasteiger partial charge is 0.489 e. The molecule has 2 aromatic carbocycles. The lowest BCUT2D eigenvalue weighted by molar-refractivity contribution is -0.122. The number of carbonyl (C=O) groups is 2. The number of carbonyl (C=O) groups excluding carboxylic acids is 1. The van der Waals surface area contributed by atoms with Crippen molar-refractivity contribution < 1.29 is 19.4 Å². The Kier molecular flexibility index (Phi) is 7.41. The maximum atomic E-state index is 12.9. The van der Waals surface area contributed by atoms with Crippen LogP contribution in [0.2, 0.25) is 5.02 Å². The summed E-state index contributed by atoms with van der Waals surface area (Å²) in [5.41, 5.74) is 1.40. The van der Waals surface area contributed by atoms with Crippen LogP contribution >= 0.6 is 23.4 Å². The second-order valence-electron chi connectivity index (χ2n) is 6.94. The number of aromatic carboxylic acids is 1. The Morgan fingerprint density at radius 3 is 2.71 bits per heavy atom. The minimum Gasteiger partial charge on any atom is -0.489 e. The zero-order valence-corrected chi connectivity index (χ0v) is 19.0. The highest BCUT2D eigenvalue weighted by Crippen LogP contribution is 2.35. The minimum absolute atomic E-state index is 0.0604. The summed E-state index contributed by atoms with van der Waals surface area (Å²) in [6, 6.07) is 11.7. The van der Waals surface area contributed by atoms with Crippen molar-refractivity contribution in [2.45, 2.75) is 33.3 Å². The van der Waals surface area contributed by atoms with Crippen molar-refractivity contribution in [3.63, 3.8) is 0 Å². The van der Waals surface area contributed by atoms with Gasteiger partial charge in [0.25, 0.3) is 5.91 Å². The highest BCUT2D eigenvalue weighted by atomic mass is 35.5. The Labute approximate surface area is 190 Å². The van der Waals surface area contributed by atoms with Crippen LogP contribution in [0, 0.1) is 0 Å². The molecule has 1 fully saturated rings. The average molecular weight is 459 g/mol. The second-order valence-corrected chi connectivity index (χ2v) is 8.35. The molecule has 1 aliphatic heterocycles. The Hall–Kier alpha value is -2.77. The molecule has 2 aromatic rings. The molecule has 162 valence electrons. The Balaban J connectivity index is 1.87. The van der Waals surface area contributed by atoms with Crippen molar-refractivity contribution in [1.29, 1.82) is 0 Å². The van der Waals surface area contributed by atoms with Crippen molar-refractivity contribution in [3.05, 3.63) is 63.5 Å². The van der Waals surface area contributed by atoms with Crippen LogP contribution < -0.4 is 4.74 Å². The van der Waals surface area contributed by atoms with Gasteiger partial charge in [0.1, 0.15) is 5.75 Å². The van der Waals surface area contributed by atoms with Gasteiger partial charge in [0.2, 0.25) is 0 Å². The van der Waals surface area contributed by atoms with Crippen LogP contribution in [0.1, 0.15) is 43.1 Å². The summed E-state index contributed by atoms with van der Waals surface area (Å²) in [4.78, 5) is 30.6. The summed E-state index contributed by atoms with van der Waals surface area (Å²) in [6.45, 7) is 6.33. The van der Waals surface area contributed by atoms with Crippen LogP contribution in [0.4, 0.5) is 5.69 Å². The number of aliphatic imine (C=N–C) groups is 1. The molecule has 1 N–H and O–H groups in total. The number of thioether (sulfide) groups is 1. The number of rotatable bonds is 7. The quantitative estimate of drug-likeness (QED) is 0.527. The van der Waals surface area contributed by atoms with Gasteiger partial charge in [-0.3, -0.25) is 9.69 Å². The first-order chi connectivity index (χ1) is 14.8. The molecule has 1 amide bonds. The number of ether oxygens (including phenoxy) is 1. The van der Waals surface area contributed by atoms with E-state index in [4.69, 9.17) is 16.3 Å². The molecule has 3 rings (SSSR count). The number of benzene rings is 2. The number of halogens is 1. The molecule has 31 heavy (non-hydrogen) atoms. The third kappa shape index (κ3) is 5.48. The van der Waals surface area contributed by atoms with Crippen LogP contribution in [-0.4, -0.2) is 39.7 Å². The fourth-order valence-corrected chi connectivity index (χ4v) is 4.14. The molecule has 6 nitrogen and oxygen atoms in total. The minimum atomic E-state index is -1.03. The van der Waals surface area contributed by atoms with Crippen LogP contribution in [0.5, 0.6) is 5.75 Å². The number of amidine groups is 1. The van der Waals surface area contributed by atoms with Gasteiger partial charge in [-0.1, -0.05) is 30.7 Å². The number of nitrogens with zero attached hydrogens (tertiary/aromatic N) is 2. The summed E-state index contributed by atoms with van der Waals surface area (Å²) in [5.74, 6) is -0.571. The maximum absolute atomic E-state index is 12.9. The summed E-state index contributed by atoms with van der Waals surface area (Å²) in [7, 11) is 0. The molecule has 0 saturated carbocycles. The second kappa shape index (κ2) is 10.0. The zero-order valence-electron chi connectivity index (χ0n) is 17.5. The van der Waals surface area contributed by atoms with E-state index >= 15 is 0 Å². The molecule has 0 unspecified atom stereocenters. The van der Waals surface area contributed by atoms with E-state index < -0.39 is 5.97 Å². The Morgan fingerprint density at radius 2 is 2.06 bits per heavy atom. The van der Waals surface area contributed by atoms with Crippen molar-refractivity contribution >= 4 is 52.2 Å². The number of carboxylic acid groups (broad SMARTS) is 1. The van der Waals surface area contributed by atoms with Crippen molar-refractivity contribution in [2.24, 2.45) is 4.99 Å². The molecule has 1 aliphatic rings. The SMILES string of the molecule is CC[C@@H](C)Oc1ccc(/C=C2\SC(=Nc3cccc(C(=O)O)c3)N(CC)C2=O)cc1Cl. The van der Waals surface area contributed by atoms with E-state index in [0.717, 1.165) is 12.0 Å². The average Bonchev–Trinajstić information content (AvgIpc) is 3.03. The molecule has 0 radical (unpaired) electrons. The van der Waals surface area contributed by atoms with E-state index in [1.807, 2.05) is 26.8 Å². The molecule has 1 saturated heterocycles. The summed E-state index contributed by atoms with van der Waals surface area (Å²) >= 11 is 7.60. The third-order valence-corrected chi connectivity index (χ3v) is 5.98. The fourth-order valence-electron chi connectivity index (χ4n) is 2.84. The van der Waals surface area contributed by atoms with Gasteiger partial charge < -0.3 is 9.84 Å². The van der Waals surface area contributed by atoms with Gasteiger partial charge >= 0.3 is 5.97 Å². The number of hydrogen-bond donors (Lipinski definition) is 1. The standard InChI is InChI=1S/C23H23ClN2O4S/c1-4-14(3)30-19-10-9-15(11-18(19)24)12-20-21(27)26(5-2)23(31-20)25-17-8-6-7-16(13-17)22(28)29/h6-14H,4-5H2,1-3H3,(H,28,29)/b20-12-,25-23?/t14-/m1/s1. The monoisotopic (exact) mass is 458 g/mol. The molecule has 0 aliphatic carbocycles. The van der Waals surface area contributed by atoms with Gasteiger partial charge in [-0.2, -0.15) is 0 Å². The number of amides is 1. The van der Waals surface area contributed by atoms with Crippen LogP contribution in [0.3, 0.4) is 0 Å². The molecular formula is C23H23ClN2O4S. The van der Waals surface area contributed by atoms with Crippen molar-refractivity contribution in [3.8, 4) is 5.75 Å². The predicted molar refractivity (Wildman–Crippen MR) is 125 cm³/mol. The fraction of sp³-hybridized carbons (Fsp3) is 0.261. The number of hydrogen-bond acceptors (Lipinski definition) is 5. The van der Waals surface area contributed by atoms with Crippen LogP contribution in [-0.2, 0) is 4.79 Å². The third-order valence-electron chi connectivity index (χ3n) is 4.68. The van der Waals surface area contributed by atoms with E-state index in [2.05, 4.69) is 4.99 Å². The van der Waals surface area contributed by atoms with Crippen LogP contribution in [0.25, 0.3) is 6.08 Å². The lowest BCUT2D eigenvalue weighted by atomic mass is 10.2. The normalized spacial score (nSPS) is 17.4. The molecule has 1 heterocycles. The lowest BCUT2D eigenvalue weighted by Crippen LogP contribution is -2.28. The number of likely N-dealkylation sites (N-methyl/N-ethyl adjacent to an activating group) is 1. The van der Waals surface area contributed by atoms with Crippen molar-refractivity contribution in [1.82, 2.24) is 4.90 Å². The van der Waals surface area contributed by atoms with E-state index in [1.54, 1.807) is 35.2 Å². The highest BCUT2D eigenvalue weighted by Gasteiger charge is 2.32. The van der Waals surface area contributed by atoms with E-state index in [1.165, 1.54) is 23.9 Å². The van der Waals surface area contributed by atoms with Gasteiger partial charge in [0.05, 0.1) is 27.3 Å². The van der Waals surface area contributed by atoms with Gasteiger partial charge in [0.15, 0.2) is 5.17 Å². The summed E-state index contributed by atoms with van der Waals surface area (Å²) in [5, 5.41) is 10.2. The first-order valence-corrected chi connectivity index (χ1v) is 11.1. The van der Waals surface area contributed by atoms with Gasteiger partial charge in [-0.25, -0.2) is 9.79 Å². The smallest absolute Gasteiger partial charge is 0.335 e. The number of carboxylic acids is 1. The first-order valence-electron chi connectivity index (χ1n) is 9.92. The van der Waals surface area contributed by atoms with E-state index in [-0.39, 0.29) is 17.6 Å². The highest BCUT2D eigenvalue weighted by molar-refractivity contribution is 8.18. The molecule has 1 atom stereocenters. The van der Waals surface area contributed by atoms with Gasteiger partial charge in [-0.15, -0.1) is 0 Å². The first kappa shape index (κ1) is 22.9. The van der Waals surface area contributed by atoms with E-state index in [0.29, 0.717) is 33.1 Å². The van der Waals surface area contributed by atoms with Crippen molar-refractivity contribution in [2.75, 3.05) is 6.54 Å². The molecule has 8 heteroatoms. The molecule has 0 spiro atoms. The molecular weight excluding hydrogens is 436 g/mol. The maximum Gasteiger partial charge on any atom is 0.335 e. The zero-order chi connectivity index (χ0) is 22.5. The Bertz CT molecular complexity index is 1070. The predicted octanol–water partition coefficient (Wildman–Crippen LogP) is 5.84. The van der Waals surface area contributed by atoms with Gasteiger partial charge in [0, 0.05) is 6.54 Å². The Morgan fingerprint density at radius 1 is 1.29 bits per heavy atom. The van der Waals surface area contributed by atoms with Crippen LogP contribution in [0.15, 0.2) is 52.4 Å². The topological polar surface area (TPSA) is 79.2 Å². The van der Waals surface area contributed by atoms with E-state index in [9.17, 15) is 14.7 Å². The molecule has 0 aromatic heterocycles. The molecule has 0 bridgehead atoms. The summed E-state index contributed by atoms with van der Waals surface area (Å²) < 4.78 is 5.79. The lowest BCUT2D eigenvalue weighted by Gasteiger charge is -2.14.